The summed E-state index contributed by atoms with van der Waals surface area (Å²) in [6.45, 7) is 1.89. The second-order valence-corrected chi connectivity index (χ2v) is 10.1. The van der Waals surface area contributed by atoms with Crippen molar-refractivity contribution >= 4 is 38.6 Å². The van der Waals surface area contributed by atoms with Crippen molar-refractivity contribution in [1.82, 2.24) is 9.88 Å². The Labute approximate surface area is 218 Å². The molecule has 5 rings (SSSR count). The molecule has 2 saturated carbocycles. The van der Waals surface area contributed by atoms with E-state index in [0.29, 0.717) is 24.8 Å². The van der Waals surface area contributed by atoms with E-state index in [1.54, 1.807) is 0 Å². The summed E-state index contributed by atoms with van der Waals surface area (Å²) in [5, 5.41) is 17.9. The van der Waals surface area contributed by atoms with Gasteiger partial charge >= 0.3 is 11.9 Å². The van der Waals surface area contributed by atoms with Crippen LogP contribution in [0.4, 0.5) is 0 Å². The van der Waals surface area contributed by atoms with Gasteiger partial charge < -0.3 is 14.9 Å². The van der Waals surface area contributed by atoms with Crippen LogP contribution in [0.3, 0.4) is 0 Å². The van der Waals surface area contributed by atoms with Crippen molar-refractivity contribution in [2.24, 2.45) is 5.92 Å². The molecule has 0 saturated heterocycles. The van der Waals surface area contributed by atoms with Gasteiger partial charge in [0, 0.05) is 47.0 Å². The lowest BCUT2D eigenvalue weighted by molar-refractivity contribution is -0.134. The summed E-state index contributed by atoms with van der Waals surface area (Å²) in [7, 11) is 0. The zero-order valence-electron chi connectivity index (χ0n) is 19.8. The van der Waals surface area contributed by atoms with Gasteiger partial charge in [-0.15, -0.1) is 0 Å². The first kappa shape index (κ1) is 25.9. The van der Waals surface area contributed by atoms with E-state index in [1.807, 2.05) is 18.5 Å². The number of nitrogens with zero attached hydrogens (tertiary/aromatic N) is 2. The highest BCUT2D eigenvalue weighted by molar-refractivity contribution is 9.10. The van der Waals surface area contributed by atoms with Crippen LogP contribution in [0.2, 0.25) is 0 Å². The molecular formula is C28H29BrN2O5. The van der Waals surface area contributed by atoms with Crippen molar-refractivity contribution in [2.75, 3.05) is 13.2 Å². The van der Waals surface area contributed by atoms with Crippen LogP contribution in [0, 0.1) is 5.92 Å². The number of rotatable bonds is 10. The van der Waals surface area contributed by atoms with Crippen molar-refractivity contribution in [2.45, 2.75) is 37.8 Å². The number of benzene rings is 2. The molecule has 1 heterocycles. The first-order valence-electron chi connectivity index (χ1n) is 12.0. The zero-order valence-corrected chi connectivity index (χ0v) is 21.4. The number of hydrogen-bond donors (Lipinski definition) is 2. The van der Waals surface area contributed by atoms with Gasteiger partial charge in [-0.3, -0.25) is 9.88 Å². The van der Waals surface area contributed by atoms with E-state index in [1.165, 1.54) is 43.2 Å². The third kappa shape index (κ3) is 7.90. The third-order valence-corrected chi connectivity index (χ3v) is 6.75. The van der Waals surface area contributed by atoms with Gasteiger partial charge in [0.15, 0.2) is 0 Å². The lowest BCUT2D eigenvalue weighted by atomic mass is 10.0. The maximum atomic E-state index is 9.55. The average Bonchev–Trinajstić information content (AvgIpc) is 3.78. The normalized spacial score (nSPS) is 15.9. The molecule has 2 aliphatic carbocycles. The number of carboxylic acid groups (broad SMARTS) is 2. The first-order valence-corrected chi connectivity index (χ1v) is 12.8. The predicted molar refractivity (Wildman–Crippen MR) is 141 cm³/mol. The van der Waals surface area contributed by atoms with Gasteiger partial charge in [-0.2, -0.15) is 0 Å². The van der Waals surface area contributed by atoms with Crippen LogP contribution in [0.5, 0.6) is 5.75 Å². The minimum atomic E-state index is -1.26. The van der Waals surface area contributed by atoms with E-state index in [4.69, 9.17) is 14.9 Å². The number of carbonyl (C=O) groups is 2. The maximum Gasteiger partial charge on any atom is 0.328 e. The number of pyridine rings is 1. The smallest absolute Gasteiger partial charge is 0.328 e. The SMILES string of the molecule is Brc1ccc(C(COc2ccc3cnccc3c2)N(CC2CC2)C2CC2)cc1.O=C(O)C=CC(=O)O. The molecule has 1 unspecified atom stereocenters. The van der Waals surface area contributed by atoms with Crippen LogP contribution in [0.15, 0.2) is 77.5 Å². The van der Waals surface area contributed by atoms with Crippen molar-refractivity contribution in [1.29, 1.82) is 0 Å². The Bertz CT molecular complexity index is 1210. The highest BCUT2D eigenvalue weighted by atomic mass is 79.9. The Morgan fingerprint density at radius 1 is 1.00 bits per heavy atom. The molecule has 2 aliphatic rings. The van der Waals surface area contributed by atoms with Crippen molar-refractivity contribution in [3.8, 4) is 5.75 Å². The van der Waals surface area contributed by atoms with Gasteiger partial charge in [0.05, 0.1) is 6.04 Å². The third-order valence-electron chi connectivity index (χ3n) is 6.23. The van der Waals surface area contributed by atoms with E-state index in [9.17, 15) is 9.59 Å². The number of aromatic nitrogens is 1. The number of carboxylic acids is 2. The Kier molecular flexibility index (Phi) is 8.72. The quantitative estimate of drug-likeness (QED) is 0.311. The second-order valence-electron chi connectivity index (χ2n) is 9.14. The van der Waals surface area contributed by atoms with Crippen LogP contribution in [0.25, 0.3) is 10.8 Å². The molecule has 1 aromatic heterocycles. The van der Waals surface area contributed by atoms with Crippen LogP contribution < -0.4 is 4.74 Å². The fourth-order valence-electron chi connectivity index (χ4n) is 4.07. The molecule has 0 amide bonds. The number of hydrogen-bond acceptors (Lipinski definition) is 5. The van der Waals surface area contributed by atoms with E-state index < -0.39 is 11.9 Å². The van der Waals surface area contributed by atoms with E-state index in [2.05, 4.69) is 68.3 Å². The van der Waals surface area contributed by atoms with Crippen molar-refractivity contribution in [3.05, 3.63) is 83.1 Å². The summed E-state index contributed by atoms with van der Waals surface area (Å²) in [4.78, 5) is 26.0. The predicted octanol–water partition coefficient (Wildman–Crippen LogP) is 5.70. The van der Waals surface area contributed by atoms with Gasteiger partial charge in [0.2, 0.25) is 0 Å². The molecule has 188 valence electrons. The number of halogens is 1. The summed E-state index contributed by atoms with van der Waals surface area (Å²) in [6, 6.07) is 18.1. The summed E-state index contributed by atoms with van der Waals surface area (Å²) < 4.78 is 7.47. The Hall–Kier alpha value is -3.23. The highest BCUT2D eigenvalue weighted by Gasteiger charge is 2.38. The summed E-state index contributed by atoms with van der Waals surface area (Å²) >= 11 is 3.57. The summed E-state index contributed by atoms with van der Waals surface area (Å²) in [6.07, 6.45) is 10.3. The van der Waals surface area contributed by atoms with E-state index >= 15 is 0 Å². The minimum absolute atomic E-state index is 0.300. The van der Waals surface area contributed by atoms with Gasteiger partial charge in [-0.25, -0.2) is 9.59 Å². The molecule has 0 aliphatic heterocycles. The molecule has 3 aromatic rings. The zero-order chi connectivity index (χ0) is 25.5. The second kappa shape index (κ2) is 12.1. The fraction of sp³-hybridized carbons (Fsp3) is 0.321. The monoisotopic (exact) mass is 552 g/mol. The van der Waals surface area contributed by atoms with Gasteiger partial charge in [-0.05, 0) is 78.9 Å². The summed E-state index contributed by atoms with van der Waals surface area (Å²) in [5.74, 6) is -0.700. The van der Waals surface area contributed by atoms with Crippen LogP contribution >= 0.6 is 15.9 Å². The molecular weight excluding hydrogens is 524 g/mol. The fourth-order valence-corrected chi connectivity index (χ4v) is 4.34. The first-order chi connectivity index (χ1) is 17.4. The Morgan fingerprint density at radius 2 is 1.69 bits per heavy atom. The van der Waals surface area contributed by atoms with Crippen LogP contribution in [-0.2, 0) is 9.59 Å². The number of ether oxygens (including phenoxy) is 1. The molecule has 36 heavy (non-hydrogen) atoms. The molecule has 0 bridgehead atoms. The maximum absolute atomic E-state index is 9.55. The largest absolute Gasteiger partial charge is 0.492 e. The van der Waals surface area contributed by atoms with Crippen LogP contribution in [-0.4, -0.2) is 51.2 Å². The van der Waals surface area contributed by atoms with E-state index in [-0.39, 0.29) is 0 Å². The molecule has 0 radical (unpaired) electrons. The standard InChI is InChI=1S/C24H25BrN2O.C4H4O4/c25-21-6-3-18(4-7-21)24(27(22-8-9-22)15-17-1-2-17)16-28-23-10-5-20-14-26-12-11-19(20)13-23;5-3(6)1-2-4(7)8/h3-7,10-14,17,22,24H,1-2,8-9,15-16H2;1-2H,(H,5,6)(H,7,8). The minimum Gasteiger partial charge on any atom is -0.492 e. The molecule has 8 heteroatoms. The average molecular weight is 553 g/mol. The summed E-state index contributed by atoms with van der Waals surface area (Å²) in [5.41, 5.74) is 1.35. The van der Waals surface area contributed by atoms with E-state index in [0.717, 1.165) is 27.6 Å². The van der Waals surface area contributed by atoms with Crippen LogP contribution in [0.1, 0.15) is 37.3 Å². The molecule has 2 aromatic carbocycles. The Morgan fingerprint density at radius 3 is 2.31 bits per heavy atom. The lowest BCUT2D eigenvalue weighted by Crippen LogP contribution is -2.36. The van der Waals surface area contributed by atoms with Gasteiger partial charge in [0.1, 0.15) is 12.4 Å². The highest BCUT2D eigenvalue weighted by Crippen LogP contribution is 2.40. The van der Waals surface area contributed by atoms with Crippen molar-refractivity contribution < 1.29 is 24.5 Å². The Balaban J connectivity index is 0.000000331. The van der Waals surface area contributed by atoms with Gasteiger partial charge in [0.25, 0.3) is 0 Å². The molecule has 2 fully saturated rings. The number of fused-ring (bicyclic) bond motifs is 1. The lowest BCUT2D eigenvalue weighted by Gasteiger charge is -2.32. The topological polar surface area (TPSA) is 100.0 Å². The molecule has 1 atom stereocenters. The molecule has 0 spiro atoms. The number of aliphatic carboxylic acids is 2. The van der Waals surface area contributed by atoms with Crippen molar-refractivity contribution in [3.63, 3.8) is 0 Å². The molecule has 7 nitrogen and oxygen atoms in total. The van der Waals surface area contributed by atoms with Gasteiger partial charge in [-0.1, -0.05) is 28.1 Å². The molecule has 2 N–H and O–H groups in total.